The van der Waals surface area contributed by atoms with Crippen molar-refractivity contribution in [2.24, 2.45) is 0 Å². The van der Waals surface area contributed by atoms with E-state index in [-0.39, 0.29) is 0 Å². The van der Waals surface area contributed by atoms with Crippen molar-refractivity contribution < 1.29 is 4.74 Å². The molecule has 0 amide bonds. The van der Waals surface area contributed by atoms with E-state index in [9.17, 15) is 0 Å². The zero-order chi connectivity index (χ0) is 15.5. The maximum absolute atomic E-state index is 6.22. The third-order valence-corrected chi connectivity index (χ3v) is 4.22. The Morgan fingerprint density at radius 3 is 2.91 bits per heavy atom. The summed E-state index contributed by atoms with van der Waals surface area (Å²) in [5.41, 5.74) is 7.87. The second-order valence-electron chi connectivity index (χ2n) is 5.52. The average Bonchev–Trinajstić information content (AvgIpc) is 3.03. The quantitative estimate of drug-likeness (QED) is 0.939. The number of nitrogens with two attached hydrogens (primary N) is 1. The number of rotatable bonds is 4. The first kappa shape index (κ1) is 15.1. The van der Waals surface area contributed by atoms with E-state index in [4.69, 9.17) is 22.1 Å². The summed E-state index contributed by atoms with van der Waals surface area (Å²) < 4.78 is 5.43. The van der Waals surface area contributed by atoms with Gasteiger partial charge in [-0.3, -0.25) is 0 Å². The SMILES string of the molecule is CN(Cc1ccccc1Cl)c1cc([C@H]2CCOC2)nc(N)n1. The molecule has 2 aromatic rings. The molecule has 1 aliphatic heterocycles. The van der Waals surface area contributed by atoms with Gasteiger partial charge >= 0.3 is 0 Å². The molecule has 0 bridgehead atoms. The van der Waals surface area contributed by atoms with Crippen molar-refractivity contribution >= 4 is 23.4 Å². The van der Waals surface area contributed by atoms with E-state index in [1.807, 2.05) is 42.3 Å². The first-order valence-corrected chi connectivity index (χ1v) is 7.68. The standard InChI is InChI=1S/C16H19ClN4O/c1-21(9-11-4-2-3-5-13(11)17)15-8-14(19-16(18)20-15)12-6-7-22-10-12/h2-5,8,12H,6-7,9-10H2,1H3,(H2,18,19,20)/t12-/m0/s1. The molecule has 6 heteroatoms. The number of aromatic nitrogens is 2. The topological polar surface area (TPSA) is 64.3 Å². The van der Waals surface area contributed by atoms with Crippen LogP contribution >= 0.6 is 11.6 Å². The Morgan fingerprint density at radius 1 is 1.36 bits per heavy atom. The second kappa shape index (κ2) is 6.50. The van der Waals surface area contributed by atoms with E-state index in [0.717, 1.165) is 35.1 Å². The molecule has 1 aromatic heterocycles. The maximum atomic E-state index is 6.22. The van der Waals surface area contributed by atoms with Crippen molar-refractivity contribution in [3.8, 4) is 0 Å². The molecule has 1 atom stereocenters. The number of halogens is 1. The Hall–Kier alpha value is -1.85. The molecule has 0 spiro atoms. The number of ether oxygens (including phenoxy) is 1. The lowest BCUT2D eigenvalue weighted by molar-refractivity contribution is 0.193. The third-order valence-electron chi connectivity index (χ3n) is 3.85. The van der Waals surface area contributed by atoms with Gasteiger partial charge in [0.25, 0.3) is 0 Å². The molecule has 1 aromatic carbocycles. The van der Waals surface area contributed by atoms with E-state index in [1.165, 1.54) is 0 Å². The van der Waals surface area contributed by atoms with E-state index in [0.29, 0.717) is 25.0 Å². The lowest BCUT2D eigenvalue weighted by Crippen LogP contribution is -2.19. The van der Waals surface area contributed by atoms with Gasteiger partial charge in [-0.15, -0.1) is 0 Å². The Morgan fingerprint density at radius 2 is 2.18 bits per heavy atom. The Kier molecular flexibility index (Phi) is 4.45. The molecule has 1 fully saturated rings. The van der Waals surface area contributed by atoms with Crippen LogP contribution in [0.5, 0.6) is 0 Å². The third kappa shape index (κ3) is 3.31. The van der Waals surface area contributed by atoms with Crippen LogP contribution in [0.1, 0.15) is 23.6 Å². The zero-order valence-electron chi connectivity index (χ0n) is 12.5. The first-order chi connectivity index (χ1) is 10.6. The highest BCUT2D eigenvalue weighted by molar-refractivity contribution is 6.31. The van der Waals surface area contributed by atoms with Gasteiger partial charge in [-0.25, -0.2) is 4.98 Å². The van der Waals surface area contributed by atoms with Crippen LogP contribution in [-0.4, -0.2) is 30.2 Å². The predicted octanol–water partition coefficient (Wildman–Crippen LogP) is 2.85. The van der Waals surface area contributed by atoms with Crippen molar-refractivity contribution in [1.29, 1.82) is 0 Å². The molecule has 1 saturated heterocycles. The van der Waals surface area contributed by atoms with Crippen LogP contribution in [0.15, 0.2) is 30.3 Å². The molecule has 116 valence electrons. The summed E-state index contributed by atoms with van der Waals surface area (Å²) in [6.07, 6.45) is 0.976. The predicted molar refractivity (Wildman–Crippen MR) is 88.2 cm³/mol. The minimum Gasteiger partial charge on any atom is -0.381 e. The molecule has 2 N–H and O–H groups in total. The van der Waals surface area contributed by atoms with Gasteiger partial charge in [0.2, 0.25) is 5.95 Å². The lowest BCUT2D eigenvalue weighted by Gasteiger charge is -2.20. The fourth-order valence-electron chi connectivity index (χ4n) is 2.61. The molecule has 1 aliphatic rings. The summed E-state index contributed by atoms with van der Waals surface area (Å²) in [6.45, 7) is 2.14. The van der Waals surface area contributed by atoms with Crippen LogP contribution in [0.3, 0.4) is 0 Å². The highest BCUT2D eigenvalue weighted by atomic mass is 35.5. The van der Waals surface area contributed by atoms with Gasteiger partial charge < -0.3 is 15.4 Å². The van der Waals surface area contributed by atoms with Crippen LogP contribution in [0.25, 0.3) is 0 Å². The van der Waals surface area contributed by atoms with Gasteiger partial charge in [-0.2, -0.15) is 4.98 Å². The molecule has 5 nitrogen and oxygen atoms in total. The van der Waals surface area contributed by atoms with Gasteiger partial charge in [0.15, 0.2) is 0 Å². The number of hydrogen-bond donors (Lipinski definition) is 1. The highest BCUT2D eigenvalue weighted by Gasteiger charge is 2.21. The minimum absolute atomic E-state index is 0.297. The number of anilines is 2. The Bertz CT molecular complexity index is 658. The zero-order valence-corrected chi connectivity index (χ0v) is 13.3. The van der Waals surface area contributed by atoms with Gasteiger partial charge in [0, 0.05) is 37.2 Å². The summed E-state index contributed by atoms with van der Waals surface area (Å²) in [6, 6.07) is 9.79. The van der Waals surface area contributed by atoms with Crippen molar-refractivity contribution in [2.45, 2.75) is 18.9 Å². The fraction of sp³-hybridized carbons (Fsp3) is 0.375. The van der Waals surface area contributed by atoms with Crippen molar-refractivity contribution in [3.05, 3.63) is 46.6 Å². The molecule has 0 unspecified atom stereocenters. The maximum Gasteiger partial charge on any atom is 0.222 e. The number of nitrogen functional groups attached to an aromatic ring is 1. The van der Waals surface area contributed by atoms with Gasteiger partial charge in [0.05, 0.1) is 12.3 Å². The normalized spacial score (nSPS) is 17.6. The van der Waals surface area contributed by atoms with Crippen molar-refractivity contribution in [3.63, 3.8) is 0 Å². The van der Waals surface area contributed by atoms with Gasteiger partial charge in [-0.1, -0.05) is 29.8 Å². The first-order valence-electron chi connectivity index (χ1n) is 7.30. The number of benzene rings is 1. The molecular formula is C16H19ClN4O. The fourth-order valence-corrected chi connectivity index (χ4v) is 2.80. The molecule has 2 heterocycles. The summed E-state index contributed by atoms with van der Waals surface area (Å²) in [7, 11) is 1.97. The van der Waals surface area contributed by atoms with Crippen molar-refractivity contribution in [1.82, 2.24) is 9.97 Å². The van der Waals surface area contributed by atoms with Crippen LogP contribution in [0.2, 0.25) is 5.02 Å². The summed E-state index contributed by atoms with van der Waals surface area (Å²) in [4.78, 5) is 10.7. The van der Waals surface area contributed by atoms with E-state index in [1.54, 1.807) is 0 Å². The number of hydrogen-bond acceptors (Lipinski definition) is 5. The summed E-state index contributed by atoms with van der Waals surface area (Å²) >= 11 is 6.22. The van der Waals surface area contributed by atoms with E-state index >= 15 is 0 Å². The summed E-state index contributed by atoms with van der Waals surface area (Å²) in [5, 5.41) is 0.751. The summed E-state index contributed by atoms with van der Waals surface area (Å²) in [5.74, 6) is 1.40. The molecule has 22 heavy (non-hydrogen) atoms. The molecule has 3 rings (SSSR count). The van der Waals surface area contributed by atoms with Crippen LogP contribution in [0.4, 0.5) is 11.8 Å². The lowest BCUT2D eigenvalue weighted by atomic mass is 10.0. The van der Waals surface area contributed by atoms with Crippen LogP contribution in [0, 0.1) is 0 Å². The minimum atomic E-state index is 0.297. The van der Waals surface area contributed by atoms with Crippen molar-refractivity contribution in [2.75, 3.05) is 30.9 Å². The van der Waals surface area contributed by atoms with Crippen LogP contribution < -0.4 is 10.6 Å². The average molecular weight is 319 g/mol. The van der Waals surface area contributed by atoms with E-state index in [2.05, 4.69) is 9.97 Å². The van der Waals surface area contributed by atoms with Gasteiger partial charge in [-0.05, 0) is 18.1 Å². The second-order valence-corrected chi connectivity index (χ2v) is 5.92. The Balaban J connectivity index is 1.82. The van der Waals surface area contributed by atoms with E-state index < -0.39 is 0 Å². The molecular weight excluding hydrogens is 300 g/mol. The molecule has 0 aliphatic carbocycles. The van der Waals surface area contributed by atoms with Gasteiger partial charge in [0.1, 0.15) is 5.82 Å². The van der Waals surface area contributed by atoms with Crippen LogP contribution in [-0.2, 0) is 11.3 Å². The Labute approximate surface area is 135 Å². The highest BCUT2D eigenvalue weighted by Crippen LogP contribution is 2.27. The monoisotopic (exact) mass is 318 g/mol. The number of nitrogens with zero attached hydrogens (tertiary/aromatic N) is 3. The smallest absolute Gasteiger partial charge is 0.222 e. The molecule has 0 radical (unpaired) electrons. The largest absolute Gasteiger partial charge is 0.381 e. The molecule has 0 saturated carbocycles.